The normalized spacial score (nSPS) is 11.4. The van der Waals surface area contributed by atoms with Gasteiger partial charge in [-0.25, -0.2) is 0 Å². The van der Waals surface area contributed by atoms with Crippen molar-refractivity contribution in [3.05, 3.63) is 40.6 Å². The van der Waals surface area contributed by atoms with Crippen LogP contribution in [0.3, 0.4) is 0 Å². The molecule has 0 aliphatic rings. The van der Waals surface area contributed by atoms with Gasteiger partial charge in [0.1, 0.15) is 0 Å². The third-order valence-corrected chi connectivity index (χ3v) is 4.39. The van der Waals surface area contributed by atoms with Crippen molar-refractivity contribution >= 4 is 26.8 Å². The summed E-state index contributed by atoms with van der Waals surface area (Å²) in [6.45, 7) is 0.749. The Morgan fingerprint density at radius 1 is 1.25 bits per heavy atom. The molecule has 2 heterocycles. The molecule has 0 radical (unpaired) electrons. The van der Waals surface area contributed by atoms with Gasteiger partial charge in [-0.15, -0.1) is 0 Å². The van der Waals surface area contributed by atoms with Crippen molar-refractivity contribution in [3.63, 3.8) is 0 Å². The van der Waals surface area contributed by atoms with Gasteiger partial charge in [-0.1, -0.05) is 18.2 Å². The summed E-state index contributed by atoms with van der Waals surface area (Å²) in [6.07, 6.45) is 2.16. The van der Waals surface area contributed by atoms with Gasteiger partial charge in [0.05, 0.1) is 15.9 Å². The molecule has 3 aromatic rings. The van der Waals surface area contributed by atoms with E-state index in [0.29, 0.717) is 0 Å². The lowest BCUT2D eigenvalue weighted by atomic mass is 10.1. The lowest BCUT2D eigenvalue weighted by molar-refractivity contribution is 0.715. The summed E-state index contributed by atoms with van der Waals surface area (Å²) >= 11 is 3.70. The maximum Gasteiger partial charge on any atom is 0.0910 e. The lowest BCUT2D eigenvalue weighted by Gasteiger charge is -2.01. The molecule has 0 aliphatic heterocycles. The Balaban J connectivity index is 2.26. The van der Waals surface area contributed by atoms with Crippen LogP contribution < -0.4 is 5.32 Å². The van der Waals surface area contributed by atoms with Crippen molar-refractivity contribution in [1.29, 1.82) is 0 Å². The number of aryl methyl sites for hydroxylation is 2. The average molecular weight is 333 g/mol. The molecular formula is C15H17BrN4. The second-order valence-corrected chi connectivity index (χ2v) is 5.73. The molecule has 104 valence electrons. The molecule has 0 fully saturated rings. The van der Waals surface area contributed by atoms with Crippen molar-refractivity contribution in [3.8, 4) is 11.3 Å². The van der Waals surface area contributed by atoms with Gasteiger partial charge >= 0.3 is 0 Å². The molecule has 2 aromatic heterocycles. The van der Waals surface area contributed by atoms with E-state index in [1.165, 1.54) is 16.5 Å². The Labute approximate surface area is 126 Å². The zero-order chi connectivity index (χ0) is 14.3. The maximum absolute atomic E-state index is 4.59. The van der Waals surface area contributed by atoms with Gasteiger partial charge in [0.25, 0.3) is 0 Å². The summed E-state index contributed by atoms with van der Waals surface area (Å²) in [5.74, 6) is 0. The van der Waals surface area contributed by atoms with Crippen LogP contribution in [0.1, 0.15) is 5.69 Å². The number of rotatable bonds is 3. The number of aromatic nitrogens is 3. The SMILES string of the molecule is CNCc1nn(C)c(-c2cn(C)c3ccccc23)c1Br. The molecule has 0 unspecified atom stereocenters. The maximum atomic E-state index is 4.59. The van der Waals surface area contributed by atoms with Crippen LogP contribution in [-0.4, -0.2) is 21.4 Å². The Hall–Kier alpha value is -1.59. The first-order valence-electron chi connectivity index (χ1n) is 6.54. The minimum Gasteiger partial charge on any atom is -0.350 e. The minimum atomic E-state index is 0.749. The molecule has 0 spiro atoms. The van der Waals surface area contributed by atoms with E-state index in [1.54, 1.807) is 0 Å². The van der Waals surface area contributed by atoms with E-state index in [0.717, 1.165) is 22.4 Å². The van der Waals surface area contributed by atoms with E-state index in [2.05, 4.69) is 68.4 Å². The molecule has 0 amide bonds. The van der Waals surface area contributed by atoms with Crippen LogP contribution in [0.5, 0.6) is 0 Å². The molecule has 4 nitrogen and oxygen atoms in total. The topological polar surface area (TPSA) is 34.8 Å². The first-order chi connectivity index (χ1) is 9.63. The highest BCUT2D eigenvalue weighted by Crippen LogP contribution is 2.36. The van der Waals surface area contributed by atoms with Crippen LogP contribution in [0, 0.1) is 0 Å². The van der Waals surface area contributed by atoms with E-state index in [1.807, 2.05) is 18.8 Å². The quantitative estimate of drug-likeness (QED) is 0.799. The van der Waals surface area contributed by atoms with Gasteiger partial charge in [-0.05, 0) is 29.0 Å². The number of hydrogen-bond acceptors (Lipinski definition) is 2. The largest absolute Gasteiger partial charge is 0.350 e. The molecule has 20 heavy (non-hydrogen) atoms. The third-order valence-electron chi connectivity index (χ3n) is 3.55. The monoisotopic (exact) mass is 332 g/mol. The molecule has 0 aliphatic carbocycles. The number of halogens is 1. The average Bonchev–Trinajstić information content (AvgIpc) is 2.90. The van der Waals surface area contributed by atoms with Crippen molar-refractivity contribution in [2.24, 2.45) is 14.1 Å². The highest BCUT2D eigenvalue weighted by Gasteiger charge is 2.18. The van der Waals surface area contributed by atoms with E-state index in [4.69, 9.17) is 0 Å². The van der Waals surface area contributed by atoms with Gasteiger partial charge in [-0.2, -0.15) is 5.10 Å². The number of nitrogens with one attached hydrogen (secondary N) is 1. The fraction of sp³-hybridized carbons (Fsp3) is 0.267. The van der Waals surface area contributed by atoms with Crippen molar-refractivity contribution in [1.82, 2.24) is 19.7 Å². The smallest absolute Gasteiger partial charge is 0.0910 e. The number of benzene rings is 1. The highest BCUT2D eigenvalue weighted by molar-refractivity contribution is 9.10. The summed E-state index contributed by atoms with van der Waals surface area (Å²) in [5, 5.41) is 8.98. The summed E-state index contributed by atoms with van der Waals surface area (Å²) in [6, 6.07) is 8.43. The fourth-order valence-corrected chi connectivity index (χ4v) is 3.35. The molecule has 0 saturated carbocycles. The molecular weight excluding hydrogens is 316 g/mol. The van der Waals surface area contributed by atoms with Gasteiger partial charge in [0, 0.05) is 43.3 Å². The predicted octanol–water partition coefficient (Wildman–Crippen LogP) is 3.06. The highest BCUT2D eigenvalue weighted by atomic mass is 79.9. The molecule has 1 aromatic carbocycles. The summed E-state index contributed by atoms with van der Waals surface area (Å²) in [4.78, 5) is 0. The number of para-hydroxylation sites is 1. The third kappa shape index (κ3) is 1.98. The Morgan fingerprint density at radius 2 is 2.00 bits per heavy atom. The minimum absolute atomic E-state index is 0.749. The van der Waals surface area contributed by atoms with Gasteiger partial charge in [0.2, 0.25) is 0 Å². The van der Waals surface area contributed by atoms with Crippen LogP contribution >= 0.6 is 15.9 Å². The Kier molecular flexibility index (Phi) is 3.40. The van der Waals surface area contributed by atoms with Crippen molar-refractivity contribution in [2.75, 3.05) is 7.05 Å². The summed E-state index contributed by atoms with van der Waals surface area (Å²) in [7, 11) is 5.99. The summed E-state index contributed by atoms with van der Waals surface area (Å²) < 4.78 is 5.16. The van der Waals surface area contributed by atoms with Crippen molar-refractivity contribution < 1.29 is 0 Å². The predicted molar refractivity (Wildman–Crippen MR) is 85.6 cm³/mol. The molecule has 5 heteroatoms. The summed E-state index contributed by atoms with van der Waals surface area (Å²) in [5.41, 5.74) is 4.57. The van der Waals surface area contributed by atoms with E-state index < -0.39 is 0 Å². The number of fused-ring (bicyclic) bond motifs is 1. The van der Waals surface area contributed by atoms with Gasteiger partial charge < -0.3 is 9.88 Å². The van der Waals surface area contributed by atoms with E-state index in [9.17, 15) is 0 Å². The van der Waals surface area contributed by atoms with Gasteiger partial charge in [0.15, 0.2) is 0 Å². The van der Waals surface area contributed by atoms with Gasteiger partial charge in [-0.3, -0.25) is 4.68 Å². The van der Waals surface area contributed by atoms with Crippen LogP contribution in [-0.2, 0) is 20.6 Å². The molecule has 3 rings (SSSR count). The molecule has 1 N–H and O–H groups in total. The molecule has 0 atom stereocenters. The van der Waals surface area contributed by atoms with Crippen LogP contribution in [0.15, 0.2) is 34.9 Å². The van der Waals surface area contributed by atoms with Crippen LogP contribution in [0.2, 0.25) is 0 Å². The van der Waals surface area contributed by atoms with Crippen molar-refractivity contribution in [2.45, 2.75) is 6.54 Å². The second kappa shape index (κ2) is 5.07. The van der Waals surface area contributed by atoms with Crippen LogP contribution in [0.4, 0.5) is 0 Å². The van der Waals surface area contributed by atoms with E-state index in [-0.39, 0.29) is 0 Å². The zero-order valence-corrected chi connectivity index (χ0v) is 13.4. The van der Waals surface area contributed by atoms with Crippen LogP contribution in [0.25, 0.3) is 22.2 Å². The first kappa shape index (κ1) is 13.4. The molecule has 0 saturated heterocycles. The van der Waals surface area contributed by atoms with E-state index >= 15 is 0 Å². The Morgan fingerprint density at radius 3 is 2.75 bits per heavy atom. The standard InChI is InChI=1S/C15H17BrN4/c1-17-8-12-14(16)15(20(3)18-12)11-9-19(2)13-7-5-4-6-10(11)13/h4-7,9,17H,8H2,1-3H3. The first-order valence-corrected chi connectivity index (χ1v) is 7.33. The Bertz CT molecular complexity index is 770. The second-order valence-electron chi connectivity index (χ2n) is 4.93. The molecule has 0 bridgehead atoms. The number of nitrogens with zero attached hydrogens (tertiary/aromatic N) is 3. The zero-order valence-electron chi connectivity index (χ0n) is 11.8. The number of hydrogen-bond donors (Lipinski definition) is 1. The fourth-order valence-electron chi connectivity index (χ4n) is 2.66. The lowest BCUT2D eigenvalue weighted by Crippen LogP contribution is -2.06.